The predicted molar refractivity (Wildman–Crippen MR) is 77.5 cm³/mol. The van der Waals surface area contributed by atoms with Gasteiger partial charge in [0.05, 0.1) is 6.04 Å². The number of nitrogens with two attached hydrogens (primary N) is 1. The minimum atomic E-state index is -0.452. The summed E-state index contributed by atoms with van der Waals surface area (Å²) in [5, 5.41) is 2.97. The van der Waals surface area contributed by atoms with Gasteiger partial charge in [-0.1, -0.05) is 49.6 Å². The van der Waals surface area contributed by atoms with E-state index in [4.69, 9.17) is 5.73 Å². The first-order chi connectivity index (χ1) is 9.25. The molecule has 1 aromatic rings. The molecule has 0 bridgehead atoms. The summed E-state index contributed by atoms with van der Waals surface area (Å²) in [6.07, 6.45) is 6.78. The van der Waals surface area contributed by atoms with Crippen molar-refractivity contribution in [1.82, 2.24) is 5.32 Å². The van der Waals surface area contributed by atoms with E-state index in [9.17, 15) is 4.79 Å². The Hall–Kier alpha value is -1.35. The molecule has 1 radical (unpaired) electrons. The second-order valence-corrected chi connectivity index (χ2v) is 5.32. The average molecular weight is 259 g/mol. The minimum Gasteiger partial charge on any atom is -0.354 e. The van der Waals surface area contributed by atoms with Gasteiger partial charge in [0.25, 0.3) is 0 Å². The Morgan fingerprint density at radius 2 is 1.84 bits per heavy atom. The van der Waals surface area contributed by atoms with Crippen molar-refractivity contribution in [2.45, 2.75) is 44.6 Å². The fourth-order valence-corrected chi connectivity index (χ4v) is 2.53. The molecule has 1 atom stereocenters. The lowest BCUT2D eigenvalue weighted by molar-refractivity contribution is -0.122. The monoisotopic (exact) mass is 259 g/mol. The zero-order valence-electron chi connectivity index (χ0n) is 11.4. The van der Waals surface area contributed by atoms with Crippen LogP contribution in [0.5, 0.6) is 0 Å². The zero-order chi connectivity index (χ0) is 13.5. The van der Waals surface area contributed by atoms with Gasteiger partial charge in [0.2, 0.25) is 5.91 Å². The van der Waals surface area contributed by atoms with Crippen molar-refractivity contribution in [1.29, 1.82) is 0 Å². The van der Waals surface area contributed by atoms with Crippen molar-refractivity contribution in [3.8, 4) is 0 Å². The van der Waals surface area contributed by atoms with E-state index in [-0.39, 0.29) is 5.91 Å². The van der Waals surface area contributed by atoms with Crippen LogP contribution in [0.3, 0.4) is 0 Å². The number of carbonyl (C=O) groups excluding carboxylic acids is 1. The molecule has 1 amide bonds. The number of hydrogen-bond acceptors (Lipinski definition) is 2. The molecule has 0 spiro atoms. The molecule has 1 fully saturated rings. The van der Waals surface area contributed by atoms with Crippen LogP contribution in [0.25, 0.3) is 0 Å². The maximum Gasteiger partial charge on any atom is 0.237 e. The number of amides is 1. The van der Waals surface area contributed by atoms with Gasteiger partial charge in [-0.3, -0.25) is 4.79 Å². The number of nitrogens with one attached hydrogen (secondary N) is 1. The Morgan fingerprint density at radius 3 is 2.53 bits per heavy atom. The first-order valence-corrected chi connectivity index (χ1v) is 7.16. The number of benzene rings is 1. The zero-order valence-corrected chi connectivity index (χ0v) is 11.4. The Labute approximate surface area is 115 Å². The topological polar surface area (TPSA) is 55.1 Å². The second-order valence-electron chi connectivity index (χ2n) is 5.32. The maximum atomic E-state index is 11.9. The van der Waals surface area contributed by atoms with E-state index in [0.717, 1.165) is 18.4 Å². The van der Waals surface area contributed by atoms with Crippen LogP contribution in [0.2, 0.25) is 0 Å². The lowest BCUT2D eigenvalue weighted by Gasteiger charge is -2.22. The molecule has 1 saturated carbocycles. The summed E-state index contributed by atoms with van der Waals surface area (Å²) in [7, 11) is 0. The normalized spacial score (nSPS) is 17.9. The van der Waals surface area contributed by atoms with Crippen LogP contribution in [0.4, 0.5) is 0 Å². The Morgan fingerprint density at radius 1 is 1.16 bits per heavy atom. The third-order valence-corrected chi connectivity index (χ3v) is 3.71. The van der Waals surface area contributed by atoms with E-state index in [1.165, 1.54) is 25.2 Å². The third-order valence-electron chi connectivity index (χ3n) is 3.71. The van der Waals surface area contributed by atoms with Crippen molar-refractivity contribution in [2.24, 2.45) is 5.73 Å². The van der Waals surface area contributed by atoms with Gasteiger partial charge < -0.3 is 11.1 Å². The predicted octanol–water partition coefficient (Wildman–Crippen LogP) is 2.21. The van der Waals surface area contributed by atoms with E-state index >= 15 is 0 Å². The number of rotatable bonds is 5. The molecule has 0 heterocycles. The molecule has 3 N–H and O–H groups in total. The lowest BCUT2D eigenvalue weighted by Crippen LogP contribution is -2.43. The van der Waals surface area contributed by atoms with Crippen LogP contribution in [-0.2, 0) is 11.2 Å². The first-order valence-electron chi connectivity index (χ1n) is 7.16. The first kappa shape index (κ1) is 14.1. The molecule has 2 rings (SSSR count). The maximum absolute atomic E-state index is 11.9. The largest absolute Gasteiger partial charge is 0.354 e. The molecule has 0 aliphatic heterocycles. The molecule has 3 heteroatoms. The molecule has 1 aliphatic carbocycles. The molecule has 0 aromatic heterocycles. The van der Waals surface area contributed by atoms with Gasteiger partial charge in [0, 0.05) is 6.54 Å². The molecular formula is C16H23N2O. The van der Waals surface area contributed by atoms with Crippen molar-refractivity contribution >= 4 is 5.91 Å². The highest BCUT2D eigenvalue weighted by Crippen LogP contribution is 2.24. The van der Waals surface area contributed by atoms with Crippen LogP contribution < -0.4 is 11.1 Å². The van der Waals surface area contributed by atoms with Crippen LogP contribution in [0.1, 0.15) is 37.7 Å². The van der Waals surface area contributed by atoms with Crippen LogP contribution in [0.15, 0.2) is 30.3 Å². The Balaban J connectivity index is 1.73. The highest BCUT2D eigenvalue weighted by atomic mass is 16.2. The molecule has 19 heavy (non-hydrogen) atoms. The quantitative estimate of drug-likeness (QED) is 0.852. The van der Waals surface area contributed by atoms with Crippen LogP contribution >= 0.6 is 0 Å². The molecular weight excluding hydrogens is 236 g/mol. The van der Waals surface area contributed by atoms with Crippen LogP contribution in [-0.4, -0.2) is 18.5 Å². The molecule has 1 aliphatic rings. The highest BCUT2D eigenvalue weighted by Gasteiger charge is 2.18. The Bertz CT molecular complexity index is 385. The van der Waals surface area contributed by atoms with Gasteiger partial charge >= 0.3 is 0 Å². The van der Waals surface area contributed by atoms with Crippen molar-refractivity contribution in [3.63, 3.8) is 0 Å². The summed E-state index contributed by atoms with van der Waals surface area (Å²) < 4.78 is 0. The van der Waals surface area contributed by atoms with E-state index < -0.39 is 6.04 Å². The summed E-state index contributed by atoms with van der Waals surface area (Å²) in [6.45, 7) is 0.710. The molecule has 103 valence electrons. The van der Waals surface area contributed by atoms with Gasteiger partial charge in [-0.2, -0.15) is 0 Å². The third kappa shape index (κ3) is 4.67. The molecule has 1 unspecified atom stereocenters. The van der Waals surface area contributed by atoms with Gasteiger partial charge in [0.1, 0.15) is 0 Å². The van der Waals surface area contributed by atoms with Gasteiger partial charge in [-0.15, -0.1) is 0 Å². The van der Waals surface area contributed by atoms with Gasteiger partial charge in [-0.05, 0) is 30.7 Å². The fraction of sp³-hybridized carbons (Fsp3) is 0.500. The summed E-state index contributed by atoms with van der Waals surface area (Å²) in [5.74, 6) is 1.42. The summed E-state index contributed by atoms with van der Waals surface area (Å²) >= 11 is 0. The van der Waals surface area contributed by atoms with E-state index in [0.29, 0.717) is 13.0 Å². The SMILES string of the molecule is NC(Cc1ccccc1)C(=O)NC[C]1CCCCC1. The summed E-state index contributed by atoms with van der Waals surface area (Å²) in [5.41, 5.74) is 7.05. The molecule has 1 aromatic carbocycles. The smallest absolute Gasteiger partial charge is 0.237 e. The lowest BCUT2D eigenvalue weighted by atomic mass is 9.89. The highest BCUT2D eigenvalue weighted by molar-refractivity contribution is 5.81. The van der Waals surface area contributed by atoms with E-state index in [2.05, 4.69) is 5.32 Å². The van der Waals surface area contributed by atoms with Gasteiger partial charge in [-0.25, -0.2) is 0 Å². The average Bonchev–Trinajstić information content (AvgIpc) is 2.47. The van der Waals surface area contributed by atoms with E-state index in [1.807, 2.05) is 30.3 Å². The van der Waals surface area contributed by atoms with Crippen LogP contribution in [0, 0.1) is 5.92 Å². The molecule has 0 saturated heterocycles. The van der Waals surface area contributed by atoms with Crippen molar-refractivity contribution < 1.29 is 4.79 Å². The Kier molecular flexibility index (Phi) is 5.40. The summed E-state index contributed by atoms with van der Waals surface area (Å²) in [4.78, 5) is 11.9. The number of carbonyl (C=O) groups is 1. The minimum absolute atomic E-state index is 0.0399. The number of hydrogen-bond donors (Lipinski definition) is 2. The van der Waals surface area contributed by atoms with Crippen molar-refractivity contribution in [2.75, 3.05) is 6.54 Å². The van der Waals surface area contributed by atoms with E-state index in [1.54, 1.807) is 0 Å². The molecule has 3 nitrogen and oxygen atoms in total. The second kappa shape index (κ2) is 7.29. The van der Waals surface area contributed by atoms with Crippen molar-refractivity contribution in [3.05, 3.63) is 41.8 Å². The standard InChI is InChI=1S/C16H23N2O/c17-15(11-13-7-3-1-4-8-13)16(19)18-12-14-9-5-2-6-10-14/h1,3-4,7-8,15H,2,5-6,9-12,17H2,(H,18,19). The fourth-order valence-electron chi connectivity index (χ4n) is 2.53. The van der Waals surface area contributed by atoms with Gasteiger partial charge in [0.15, 0.2) is 0 Å². The summed E-state index contributed by atoms with van der Waals surface area (Å²) in [6, 6.07) is 9.46.